The molecule has 0 spiro atoms. The van der Waals surface area contributed by atoms with Crippen molar-refractivity contribution < 1.29 is 0 Å². The Hall–Kier alpha value is -0.580. The van der Waals surface area contributed by atoms with Gasteiger partial charge in [-0.1, -0.05) is 19.9 Å². The van der Waals surface area contributed by atoms with E-state index in [0.29, 0.717) is 12.1 Å². The fourth-order valence-electron chi connectivity index (χ4n) is 2.92. The van der Waals surface area contributed by atoms with Gasteiger partial charge in [-0.05, 0) is 60.1 Å². The third-order valence-electron chi connectivity index (χ3n) is 4.25. The average molecular weight is 354 g/mol. The number of nitrogens with one attached hydrogen (secondary N) is 1. The van der Waals surface area contributed by atoms with E-state index in [1.807, 2.05) is 0 Å². The van der Waals surface area contributed by atoms with E-state index in [0.717, 1.165) is 13.1 Å². The fraction of sp³-hybridized carbons (Fsp3) is 0.647. The molecule has 0 bridgehead atoms. The first kappa shape index (κ1) is 16.8. The van der Waals surface area contributed by atoms with Crippen molar-refractivity contribution in [1.29, 1.82) is 0 Å². The molecule has 2 rings (SSSR count). The summed E-state index contributed by atoms with van der Waals surface area (Å²) in [6, 6.07) is 7.85. The van der Waals surface area contributed by atoms with Gasteiger partial charge < -0.3 is 15.1 Å². The zero-order chi connectivity index (χ0) is 15.4. The molecule has 1 aliphatic rings. The molecule has 0 saturated carbocycles. The van der Waals surface area contributed by atoms with Gasteiger partial charge in [0.25, 0.3) is 0 Å². The van der Waals surface area contributed by atoms with Crippen LogP contribution in [-0.4, -0.2) is 44.2 Å². The van der Waals surface area contributed by atoms with Crippen LogP contribution in [0.4, 0.5) is 5.69 Å². The molecule has 1 heterocycles. The maximum atomic E-state index is 3.75. The van der Waals surface area contributed by atoms with E-state index in [4.69, 9.17) is 0 Å². The molecule has 1 N–H and O–H groups in total. The number of likely N-dealkylation sites (N-methyl/N-ethyl adjacent to an activating group) is 2. The van der Waals surface area contributed by atoms with Gasteiger partial charge in [-0.2, -0.15) is 0 Å². The lowest BCUT2D eigenvalue weighted by Crippen LogP contribution is -2.45. The highest BCUT2D eigenvalue weighted by Crippen LogP contribution is 2.29. The quantitative estimate of drug-likeness (QED) is 0.874. The molecule has 1 atom stereocenters. The topological polar surface area (TPSA) is 18.5 Å². The number of hydrogen-bond donors (Lipinski definition) is 1. The van der Waals surface area contributed by atoms with Crippen LogP contribution in [0.5, 0.6) is 0 Å². The van der Waals surface area contributed by atoms with Crippen molar-refractivity contribution >= 4 is 21.6 Å². The van der Waals surface area contributed by atoms with Crippen LogP contribution in [0.15, 0.2) is 22.7 Å². The first-order valence-electron chi connectivity index (χ1n) is 7.90. The summed E-state index contributed by atoms with van der Waals surface area (Å²) in [4.78, 5) is 4.86. The van der Waals surface area contributed by atoms with Crippen LogP contribution in [0.1, 0.15) is 32.3 Å². The largest absolute Gasteiger partial charge is 0.369 e. The van der Waals surface area contributed by atoms with Crippen LogP contribution >= 0.6 is 15.9 Å². The molecule has 1 unspecified atom stereocenters. The summed E-state index contributed by atoms with van der Waals surface area (Å²) in [5, 5.41) is 3.47. The predicted molar refractivity (Wildman–Crippen MR) is 95.0 cm³/mol. The molecule has 0 radical (unpaired) electrons. The van der Waals surface area contributed by atoms with E-state index in [1.165, 1.54) is 35.1 Å². The minimum absolute atomic E-state index is 0.518. The van der Waals surface area contributed by atoms with E-state index in [-0.39, 0.29) is 0 Å². The molecule has 1 fully saturated rings. The molecule has 0 amide bonds. The molecule has 21 heavy (non-hydrogen) atoms. The molecule has 1 aromatic carbocycles. The van der Waals surface area contributed by atoms with Crippen molar-refractivity contribution in [3.63, 3.8) is 0 Å². The van der Waals surface area contributed by atoms with Gasteiger partial charge in [-0.25, -0.2) is 0 Å². The van der Waals surface area contributed by atoms with Crippen molar-refractivity contribution in [3.8, 4) is 0 Å². The smallest absolute Gasteiger partial charge is 0.0511 e. The Bertz CT molecular complexity index is 461. The van der Waals surface area contributed by atoms with E-state index in [2.05, 4.69) is 77.2 Å². The average Bonchev–Trinajstić information content (AvgIpc) is 2.44. The lowest BCUT2D eigenvalue weighted by molar-refractivity contribution is 0.248. The van der Waals surface area contributed by atoms with Gasteiger partial charge in [-0.3, -0.25) is 0 Å². The minimum atomic E-state index is 0.518. The van der Waals surface area contributed by atoms with Crippen molar-refractivity contribution in [1.82, 2.24) is 10.2 Å². The summed E-state index contributed by atoms with van der Waals surface area (Å²) in [6.45, 7) is 7.66. The third-order valence-corrected chi connectivity index (χ3v) is 4.89. The van der Waals surface area contributed by atoms with Gasteiger partial charge >= 0.3 is 0 Å². The molecular formula is C17H28BrN3. The van der Waals surface area contributed by atoms with E-state index in [9.17, 15) is 0 Å². The molecule has 0 aliphatic carbocycles. The molecule has 1 aliphatic heterocycles. The molecule has 3 nitrogen and oxygen atoms in total. The maximum absolute atomic E-state index is 3.75. The van der Waals surface area contributed by atoms with Crippen LogP contribution in [0.2, 0.25) is 0 Å². The SMILES string of the molecule is CC(C)NCc1ccc(N(C)C2CCCN(C)C2)c(Br)c1. The zero-order valence-electron chi connectivity index (χ0n) is 13.7. The lowest BCUT2D eigenvalue weighted by atomic mass is 10.0. The first-order chi connectivity index (χ1) is 9.97. The predicted octanol–water partition coefficient (Wildman–Crippen LogP) is 3.48. The molecule has 4 heteroatoms. The second-order valence-electron chi connectivity index (χ2n) is 6.49. The summed E-state index contributed by atoms with van der Waals surface area (Å²) >= 11 is 3.75. The Morgan fingerprint density at radius 2 is 2.19 bits per heavy atom. The normalized spacial score (nSPS) is 20.0. The summed E-state index contributed by atoms with van der Waals surface area (Å²) in [6.07, 6.45) is 2.57. The number of rotatable bonds is 5. The Labute approximate surface area is 137 Å². The second kappa shape index (κ2) is 7.61. The van der Waals surface area contributed by atoms with Crippen molar-refractivity contribution in [2.45, 2.75) is 45.3 Å². The molecule has 1 saturated heterocycles. The third kappa shape index (κ3) is 4.70. The van der Waals surface area contributed by atoms with E-state index < -0.39 is 0 Å². The minimum Gasteiger partial charge on any atom is -0.369 e. The first-order valence-corrected chi connectivity index (χ1v) is 8.70. The molecule has 118 valence electrons. The van der Waals surface area contributed by atoms with Gasteiger partial charge in [0.05, 0.1) is 5.69 Å². The van der Waals surface area contributed by atoms with Crippen LogP contribution in [-0.2, 0) is 6.54 Å². The van der Waals surface area contributed by atoms with Crippen LogP contribution < -0.4 is 10.2 Å². The van der Waals surface area contributed by atoms with E-state index in [1.54, 1.807) is 0 Å². The van der Waals surface area contributed by atoms with Crippen molar-refractivity contribution in [2.75, 3.05) is 32.1 Å². The highest BCUT2D eigenvalue weighted by molar-refractivity contribution is 9.10. The zero-order valence-corrected chi connectivity index (χ0v) is 15.3. The fourth-order valence-corrected chi connectivity index (χ4v) is 3.63. The van der Waals surface area contributed by atoms with Gasteiger partial charge in [0, 0.05) is 36.7 Å². The molecule has 1 aromatic rings. The summed E-state index contributed by atoms with van der Waals surface area (Å²) in [5.74, 6) is 0. The number of nitrogens with zero attached hydrogens (tertiary/aromatic N) is 2. The van der Waals surface area contributed by atoms with Crippen molar-refractivity contribution in [2.24, 2.45) is 0 Å². The monoisotopic (exact) mass is 353 g/mol. The number of halogens is 1. The molecular weight excluding hydrogens is 326 g/mol. The van der Waals surface area contributed by atoms with Crippen molar-refractivity contribution in [3.05, 3.63) is 28.2 Å². The summed E-state index contributed by atoms with van der Waals surface area (Å²) in [5.41, 5.74) is 2.62. The number of likely N-dealkylation sites (tertiary alicyclic amines) is 1. The van der Waals surface area contributed by atoms with Crippen LogP contribution in [0.3, 0.4) is 0 Å². The van der Waals surface area contributed by atoms with Gasteiger partial charge in [-0.15, -0.1) is 0 Å². The lowest BCUT2D eigenvalue weighted by Gasteiger charge is -2.37. The van der Waals surface area contributed by atoms with Crippen LogP contribution in [0, 0.1) is 0 Å². The van der Waals surface area contributed by atoms with Crippen LogP contribution in [0.25, 0.3) is 0 Å². The summed E-state index contributed by atoms with van der Waals surface area (Å²) < 4.78 is 1.20. The van der Waals surface area contributed by atoms with Gasteiger partial charge in [0.1, 0.15) is 0 Å². The summed E-state index contributed by atoms with van der Waals surface area (Å²) in [7, 11) is 4.44. The number of benzene rings is 1. The Morgan fingerprint density at radius 3 is 2.81 bits per heavy atom. The van der Waals surface area contributed by atoms with Gasteiger partial charge in [0.15, 0.2) is 0 Å². The Kier molecular flexibility index (Phi) is 6.08. The number of hydrogen-bond acceptors (Lipinski definition) is 3. The standard InChI is InChI=1S/C17H28BrN3/c1-13(2)19-11-14-7-8-17(16(18)10-14)21(4)15-6-5-9-20(3)12-15/h7-8,10,13,15,19H,5-6,9,11-12H2,1-4H3. The van der Waals surface area contributed by atoms with E-state index >= 15 is 0 Å². The van der Waals surface area contributed by atoms with Gasteiger partial charge in [0.2, 0.25) is 0 Å². The number of piperidine rings is 1. The highest BCUT2D eigenvalue weighted by atomic mass is 79.9. The molecule has 0 aromatic heterocycles. The Morgan fingerprint density at radius 1 is 1.43 bits per heavy atom. The highest BCUT2D eigenvalue weighted by Gasteiger charge is 2.22. The second-order valence-corrected chi connectivity index (χ2v) is 7.34. The number of anilines is 1. The maximum Gasteiger partial charge on any atom is 0.0511 e. The Balaban J connectivity index is 2.05.